The van der Waals surface area contributed by atoms with Crippen molar-refractivity contribution in [1.82, 2.24) is 0 Å². The zero-order valence-electron chi connectivity index (χ0n) is 20.0. The second-order valence-electron chi connectivity index (χ2n) is 8.49. The van der Waals surface area contributed by atoms with Crippen molar-refractivity contribution in [2.24, 2.45) is 0 Å². The van der Waals surface area contributed by atoms with Crippen LogP contribution >= 0.6 is 0 Å². The van der Waals surface area contributed by atoms with Crippen LogP contribution in [0.1, 0.15) is 32.6 Å². The van der Waals surface area contributed by atoms with Gasteiger partial charge in [0.05, 0.1) is 18.1 Å². The Hall–Kier alpha value is -4.63. The normalized spacial score (nSPS) is 11.0. The Morgan fingerprint density at radius 3 is 1.33 bits per heavy atom. The Bertz CT molecular complexity index is 1370. The molecule has 0 N–H and O–H groups in total. The first-order valence-corrected chi connectivity index (χ1v) is 11.8. The molecule has 0 aromatic heterocycles. The van der Waals surface area contributed by atoms with Crippen LogP contribution in [0.5, 0.6) is 11.5 Å². The summed E-state index contributed by atoms with van der Waals surface area (Å²) in [7, 11) is 1.67. The minimum atomic E-state index is -0.587. The van der Waals surface area contributed by atoms with E-state index in [0.29, 0.717) is 11.3 Å². The molecular weight excluding hydrogens is 444 g/mol. The molecule has 0 aliphatic carbocycles. The standard InChI is InChI=1S/C33H26O3/c1-35-30-21-17-28(18-22-30)33(26-13-7-3-8-14-26,27-15-9-4-10-16-27)29-19-23-31(24-20-29)36-32(34)25-11-5-2-6-12-25/h2-24H,1H3. The number of esters is 1. The molecule has 0 saturated heterocycles. The maximum atomic E-state index is 12.6. The highest BCUT2D eigenvalue weighted by Crippen LogP contribution is 2.45. The van der Waals surface area contributed by atoms with Gasteiger partial charge in [-0.25, -0.2) is 4.79 Å². The van der Waals surface area contributed by atoms with E-state index < -0.39 is 5.41 Å². The molecule has 36 heavy (non-hydrogen) atoms. The maximum absolute atomic E-state index is 12.6. The minimum Gasteiger partial charge on any atom is -0.497 e. The Labute approximate surface area is 211 Å². The summed E-state index contributed by atoms with van der Waals surface area (Å²) in [5, 5.41) is 0. The van der Waals surface area contributed by atoms with Crippen molar-refractivity contribution in [3.05, 3.63) is 167 Å². The van der Waals surface area contributed by atoms with E-state index in [-0.39, 0.29) is 5.97 Å². The van der Waals surface area contributed by atoms with Gasteiger partial charge in [-0.3, -0.25) is 0 Å². The van der Waals surface area contributed by atoms with Crippen molar-refractivity contribution >= 4 is 5.97 Å². The molecule has 0 atom stereocenters. The van der Waals surface area contributed by atoms with E-state index in [1.165, 1.54) is 0 Å². The first-order chi connectivity index (χ1) is 17.7. The first kappa shape index (κ1) is 23.1. The van der Waals surface area contributed by atoms with Gasteiger partial charge in [0.2, 0.25) is 0 Å². The van der Waals surface area contributed by atoms with Crippen molar-refractivity contribution in [1.29, 1.82) is 0 Å². The number of ether oxygens (including phenoxy) is 2. The van der Waals surface area contributed by atoms with Gasteiger partial charge in [-0.15, -0.1) is 0 Å². The molecule has 5 aromatic rings. The molecule has 5 aromatic carbocycles. The lowest BCUT2D eigenvalue weighted by atomic mass is 9.65. The molecule has 0 aliphatic heterocycles. The molecule has 176 valence electrons. The second-order valence-corrected chi connectivity index (χ2v) is 8.49. The zero-order chi connectivity index (χ0) is 24.8. The molecule has 0 amide bonds. The van der Waals surface area contributed by atoms with E-state index in [2.05, 4.69) is 60.7 Å². The van der Waals surface area contributed by atoms with Gasteiger partial charge in [-0.1, -0.05) is 103 Å². The first-order valence-electron chi connectivity index (χ1n) is 11.8. The van der Waals surface area contributed by atoms with Gasteiger partial charge in [-0.05, 0) is 58.7 Å². The van der Waals surface area contributed by atoms with Crippen LogP contribution in [-0.2, 0) is 5.41 Å². The Kier molecular flexibility index (Phi) is 6.63. The summed E-state index contributed by atoms with van der Waals surface area (Å²) < 4.78 is 11.1. The number of carbonyl (C=O) groups excluding carboxylic acids is 1. The maximum Gasteiger partial charge on any atom is 0.343 e. The van der Waals surface area contributed by atoms with E-state index >= 15 is 0 Å². The van der Waals surface area contributed by atoms with Crippen molar-refractivity contribution in [2.75, 3.05) is 7.11 Å². The van der Waals surface area contributed by atoms with Gasteiger partial charge in [-0.2, -0.15) is 0 Å². The van der Waals surface area contributed by atoms with Gasteiger partial charge in [0.15, 0.2) is 0 Å². The van der Waals surface area contributed by atoms with Crippen LogP contribution in [0.3, 0.4) is 0 Å². The summed E-state index contributed by atoms with van der Waals surface area (Å²) in [6, 6.07) is 45.9. The van der Waals surface area contributed by atoms with E-state index in [9.17, 15) is 4.79 Å². The van der Waals surface area contributed by atoms with E-state index in [4.69, 9.17) is 9.47 Å². The lowest BCUT2D eigenvalue weighted by Gasteiger charge is -2.37. The average molecular weight is 471 g/mol. The smallest absolute Gasteiger partial charge is 0.343 e. The molecule has 0 heterocycles. The number of benzene rings is 5. The fourth-order valence-electron chi connectivity index (χ4n) is 4.73. The van der Waals surface area contributed by atoms with Crippen molar-refractivity contribution in [3.63, 3.8) is 0 Å². The Morgan fingerprint density at radius 1 is 0.500 bits per heavy atom. The van der Waals surface area contributed by atoms with Crippen LogP contribution in [0.2, 0.25) is 0 Å². The lowest BCUT2D eigenvalue weighted by Crippen LogP contribution is -2.31. The van der Waals surface area contributed by atoms with Gasteiger partial charge in [0.25, 0.3) is 0 Å². The van der Waals surface area contributed by atoms with Gasteiger partial charge >= 0.3 is 5.97 Å². The quantitative estimate of drug-likeness (QED) is 0.142. The monoisotopic (exact) mass is 470 g/mol. The van der Waals surface area contributed by atoms with E-state index in [0.717, 1.165) is 28.0 Å². The predicted molar refractivity (Wildman–Crippen MR) is 143 cm³/mol. The number of hydrogen-bond acceptors (Lipinski definition) is 3. The van der Waals surface area contributed by atoms with Gasteiger partial charge < -0.3 is 9.47 Å². The number of carbonyl (C=O) groups is 1. The van der Waals surface area contributed by atoms with Crippen molar-refractivity contribution in [3.8, 4) is 11.5 Å². The third kappa shape index (κ3) is 4.39. The van der Waals surface area contributed by atoms with Crippen LogP contribution in [0, 0.1) is 0 Å². The third-order valence-electron chi connectivity index (χ3n) is 6.44. The van der Waals surface area contributed by atoms with Gasteiger partial charge in [0.1, 0.15) is 11.5 Å². The highest BCUT2D eigenvalue weighted by Gasteiger charge is 2.38. The third-order valence-corrected chi connectivity index (χ3v) is 6.44. The molecule has 3 heteroatoms. The lowest BCUT2D eigenvalue weighted by molar-refractivity contribution is 0.0734. The fraction of sp³-hybridized carbons (Fsp3) is 0.0606. The highest BCUT2D eigenvalue weighted by atomic mass is 16.5. The second kappa shape index (κ2) is 10.3. The molecule has 3 nitrogen and oxygen atoms in total. The number of hydrogen-bond donors (Lipinski definition) is 0. The Balaban J connectivity index is 1.64. The summed E-state index contributed by atoms with van der Waals surface area (Å²) in [5.74, 6) is 0.921. The molecular formula is C33H26O3. The van der Waals surface area contributed by atoms with Crippen LogP contribution in [0.4, 0.5) is 0 Å². The molecule has 5 rings (SSSR count). The summed E-state index contributed by atoms with van der Waals surface area (Å²) in [6.45, 7) is 0. The van der Waals surface area contributed by atoms with E-state index in [1.807, 2.05) is 66.7 Å². The zero-order valence-corrected chi connectivity index (χ0v) is 20.0. The summed E-state index contributed by atoms with van der Waals surface area (Å²) in [6.07, 6.45) is 0. The van der Waals surface area contributed by atoms with Crippen molar-refractivity contribution in [2.45, 2.75) is 5.41 Å². The fourth-order valence-corrected chi connectivity index (χ4v) is 4.73. The largest absolute Gasteiger partial charge is 0.497 e. The van der Waals surface area contributed by atoms with E-state index in [1.54, 1.807) is 19.2 Å². The number of rotatable bonds is 7. The molecule has 0 aliphatic rings. The highest BCUT2D eigenvalue weighted by molar-refractivity contribution is 5.91. The summed E-state index contributed by atoms with van der Waals surface area (Å²) in [4.78, 5) is 12.6. The average Bonchev–Trinajstić information content (AvgIpc) is 2.96. The molecule has 0 spiro atoms. The van der Waals surface area contributed by atoms with Crippen LogP contribution in [0.15, 0.2) is 140 Å². The predicted octanol–water partition coefficient (Wildman–Crippen LogP) is 7.30. The number of methoxy groups -OCH3 is 1. The summed E-state index contributed by atoms with van der Waals surface area (Å²) >= 11 is 0. The minimum absolute atomic E-state index is 0.379. The van der Waals surface area contributed by atoms with Crippen LogP contribution in [0.25, 0.3) is 0 Å². The van der Waals surface area contributed by atoms with Gasteiger partial charge in [0, 0.05) is 0 Å². The van der Waals surface area contributed by atoms with Crippen LogP contribution < -0.4 is 9.47 Å². The SMILES string of the molecule is COc1ccc(C(c2ccccc2)(c2ccccc2)c2ccc(OC(=O)c3ccccc3)cc2)cc1. The summed E-state index contributed by atoms with van der Waals surface area (Å²) in [5.41, 5.74) is 4.37. The van der Waals surface area contributed by atoms with Crippen LogP contribution in [-0.4, -0.2) is 13.1 Å². The van der Waals surface area contributed by atoms with Crippen molar-refractivity contribution < 1.29 is 14.3 Å². The Morgan fingerprint density at radius 2 is 0.889 bits per heavy atom. The molecule has 0 radical (unpaired) electrons. The molecule has 0 saturated carbocycles. The molecule has 0 fully saturated rings. The topological polar surface area (TPSA) is 35.5 Å². The molecule has 0 unspecified atom stereocenters. The molecule has 0 bridgehead atoms.